The Hall–Kier alpha value is -2.29. The molecule has 2 aromatic carbocycles. The molecule has 0 aromatic heterocycles. The van der Waals surface area contributed by atoms with Gasteiger partial charge in [0.2, 0.25) is 0 Å². The maximum absolute atomic E-state index is 12.7. The van der Waals surface area contributed by atoms with Crippen LogP contribution in [0.5, 0.6) is 5.75 Å². The van der Waals surface area contributed by atoms with Crippen molar-refractivity contribution in [2.75, 3.05) is 11.4 Å². The number of rotatable bonds is 4. The van der Waals surface area contributed by atoms with Gasteiger partial charge in [0.15, 0.2) is 6.10 Å². The quantitative estimate of drug-likeness (QED) is 0.859. The second-order valence-corrected chi connectivity index (χ2v) is 5.20. The van der Waals surface area contributed by atoms with E-state index in [1.807, 2.05) is 60.4 Å². The van der Waals surface area contributed by atoms with Gasteiger partial charge in [-0.2, -0.15) is 0 Å². The largest absolute Gasteiger partial charge is 0.481 e. The van der Waals surface area contributed by atoms with E-state index in [0.29, 0.717) is 6.42 Å². The zero-order valence-corrected chi connectivity index (χ0v) is 12.2. The van der Waals surface area contributed by atoms with E-state index >= 15 is 0 Å². The van der Waals surface area contributed by atoms with E-state index in [-0.39, 0.29) is 5.91 Å². The lowest BCUT2D eigenvalue weighted by atomic mass is 10.2. The van der Waals surface area contributed by atoms with Gasteiger partial charge in [-0.15, -0.1) is 0 Å². The zero-order valence-electron chi connectivity index (χ0n) is 12.2. The van der Waals surface area contributed by atoms with Crippen LogP contribution >= 0.6 is 0 Å². The molecule has 0 radical (unpaired) electrons. The van der Waals surface area contributed by atoms with Crippen molar-refractivity contribution < 1.29 is 9.53 Å². The number of nitrogens with zero attached hydrogens (tertiary/aromatic N) is 1. The summed E-state index contributed by atoms with van der Waals surface area (Å²) in [7, 11) is 0. The molecule has 2 aromatic rings. The third kappa shape index (κ3) is 2.77. The topological polar surface area (TPSA) is 29.5 Å². The highest BCUT2D eigenvalue weighted by Gasteiger charge is 2.30. The highest BCUT2D eigenvalue weighted by Crippen LogP contribution is 2.28. The Morgan fingerprint density at radius 1 is 1.14 bits per heavy atom. The number of hydrogen-bond donors (Lipinski definition) is 0. The maximum Gasteiger partial charge on any atom is 0.268 e. The lowest BCUT2D eigenvalue weighted by Crippen LogP contribution is -2.41. The molecule has 1 aliphatic rings. The second-order valence-electron chi connectivity index (χ2n) is 5.20. The lowest BCUT2D eigenvalue weighted by Gasteiger charge is -2.24. The summed E-state index contributed by atoms with van der Waals surface area (Å²) in [6.45, 7) is 2.72. The minimum Gasteiger partial charge on any atom is -0.481 e. The van der Waals surface area contributed by atoms with Gasteiger partial charge < -0.3 is 9.64 Å². The van der Waals surface area contributed by atoms with Gasteiger partial charge in [-0.3, -0.25) is 4.79 Å². The average Bonchev–Trinajstić information content (AvgIpc) is 2.97. The van der Waals surface area contributed by atoms with Crippen molar-refractivity contribution in [1.29, 1.82) is 0 Å². The van der Waals surface area contributed by atoms with Crippen molar-refractivity contribution in [1.82, 2.24) is 0 Å². The minimum absolute atomic E-state index is 0.0475. The molecular formula is C18H19NO2. The highest BCUT2D eigenvalue weighted by molar-refractivity contribution is 5.98. The van der Waals surface area contributed by atoms with Gasteiger partial charge >= 0.3 is 0 Å². The molecule has 1 heterocycles. The van der Waals surface area contributed by atoms with E-state index in [1.54, 1.807) is 0 Å². The molecule has 0 N–H and O–H groups in total. The lowest BCUT2D eigenvalue weighted by molar-refractivity contribution is -0.125. The smallest absolute Gasteiger partial charge is 0.268 e. The summed E-state index contributed by atoms with van der Waals surface area (Å²) in [6.07, 6.45) is 1.15. The molecule has 3 rings (SSSR count). The third-order valence-electron chi connectivity index (χ3n) is 3.82. The number of carbonyl (C=O) groups is 1. The fraction of sp³-hybridized carbons (Fsp3) is 0.278. The highest BCUT2D eigenvalue weighted by atomic mass is 16.5. The van der Waals surface area contributed by atoms with Crippen molar-refractivity contribution in [3.05, 3.63) is 60.2 Å². The van der Waals surface area contributed by atoms with Crippen LogP contribution in [0.15, 0.2) is 54.6 Å². The Bertz CT molecular complexity index is 624. The molecule has 0 saturated heterocycles. The summed E-state index contributed by atoms with van der Waals surface area (Å²) >= 11 is 0. The molecule has 108 valence electrons. The van der Waals surface area contributed by atoms with E-state index in [9.17, 15) is 4.79 Å². The summed E-state index contributed by atoms with van der Waals surface area (Å²) in [5.74, 6) is 0.788. The summed E-state index contributed by atoms with van der Waals surface area (Å²) in [4.78, 5) is 14.6. The zero-order chi connectivity index (χ0) is 14.7. The normalized spacial score (nSPS) is 14.6. The number of ether oxygens (including phenoxy) is 1. The number of amides is 1. The Morgan fingerprint density at radius 3 is 2.62 bits per heavy atom. The molecule has 0 saturated carbocycles. The van der Waals surface area contributed by atoms with Crippen LogP contribution in [-0.4, -0.2) is 18.6 Å². The van der Waals surface area contributed by atoms with E-state index < -0.39 is 6.10 Å². The molecule has 0 aliphatic carbocycles. The van der Waals surface area contributed by atoms with E-state index in [0.717, 1.165) is 24.4 Å². The van der Waals surface area contributed by atoms with Crippen LogP contribution in [-0.2, 0) is 11.2 Å². The molecule has 1 aliphatic heterocycles. The van der Waals surface area contributed by atoms with Crippen LogP contribution < -0.4 is 9.64 Å². The Balaban J connectivity index is 1.78. The molecule has 1 amide bonds. The molecule has 0 fully saturated rings. The summed E-state index contributed by atoms with van der Waals surface area (Å²) in [5, 5.41) is 0. The van der Waals surface area contributed by atoms with Crippen LogP contribution in [0.1, 0.15) is 18.9 Å². The van der Waals surface area contributed by atoms with Crippen LogP contribution in [0.4, 0.5) is 5.69 Å². The first-order chi connectivity index (χ1) is 10.3. The SMILES string of the molecule is CCC(Oc1ccccc1)C(=O)N1CCc2ccccc21. The van der Waals surface area contributed by atoms with Crippen molar-refractivity contribution in [2.45, 2.75) is 25.9 Å². The number of benzene rings is 2. The molecule has 21 heavy (non-hydrogen) atoms. The first-order valence-electron chi connectivity index (χ1n) is 7.40. The van der Waals surface area contributed by atoms with E-state index in [4.69, 9.17) is 4.74 Å². The molecule has 0 spiro atoms. The Labute approximate surface area is 125 Å². The number of carbonyl (C=O) groups excluding carboxylic acids is 1. The molecule has 1 unspecified atom stereocenters. The third-order valence-corrected chi connectivity index (χ3v) is 3.82. The van der Waals surface area contributed by atoms with E-state index in [1.165, 1.54) is 5.56 Å². The Morgan fingerprint density at radius 2 is 1.86 bits per heavy atom. The summed E-state index contributed by atoms with van der Waals surface area (Å²) in [6, 6.07) is 17.6. The minimum atomic E-state index is -0.432. The molecular weight excluding hydrogens is 262 g/mol. The second kappa shape index (κ2) is 6.00. The standard InChI is InChI=1S/C18H19NO2/c1-2-17(21-15-9-4-3-5-10-15)18(20)19-13-12-14-8-6-7-11-16(14)19/h3-11,17H,2,12-13H2,1H3. The van der Waals surface area contributed by atoms with Gasteiger partial charge in [-0.25, -0.2) is 0 Å². The van der Waals surface area contributed by atoms with Crippen LogP contribution in [0.25, 0.3) is 0 Å². The molecule has 3 heteroatoms. The number of anilines is 1. The fourth-order valence-corrected chi connectivity index (χ4v) is 2.71. The van der Waals surface area contributed by atoms with Crippen molar-refractivity contribution >= 4 is 11.6 Å². The van der Waals surface area contributed by atoms with Gasteiger partial charge in [0.25, 0.3) is 5.91 Å². The predicted octanol–water partition coefficient (Wildman–Crippen LogP) is 3.43. The number of hydrogen-bond acceptors (Lipinski definition) is 2. The Kier molecular flexibility index (Phi) is 3.91. The van der Waals surface area contributed by atoms with Crippen LogP contribution in [0.2, 0.25) is 0 Å². The fourth-order valence-electron chi connectivity index (χ4n) is 2.71. The number of para-hydroxylation sites is 2. The van der Waals surface area contributed by atoms with Gasteiger partial charge in [0.05, 0.1) is 0 Å². The summed E-state index contributed by atoms with van der Waals surface area (Å²) < 4.78 is 5.86. The van der Waals surface area contributed by atoms with Crippen LogP contribution in [0, 0.1) is 0 Å². The molecule has 3 nitrogen and oxygen atoms in total. The van der Waals surface area contributed by atoms with Gasteiger partial charge in [0.1, 0.15) is 5.75 Å². The molecule has 1 atom stereocenters. The first kappa shape index (κ1) is 13.7. The van der Waals surface area contributed by atoms with Crippen molar-refractivity contribution in [2.24, 2.45) is 0 Å². The van der Waals surface area contributed by atoms with E-state index in [2.05, 4.69) is 6.07 Å². The summed E-state index contributed by atoms with van der Waals surface area (Å²) in [5.41, 5.74) is 2.26. The molecule has 0 bridgehead atoms. The van der Waals surface area contributed by atoms with Gasteiger partial charge in [0, 0.05) is 12.2 Å². The van der Waals surface area contributed by atoms with Gasteiger partial charge in [-0.1, -0.05) is 43.3 Å². The first-order valence-corrected chi connectivity index (χ1v) is 7.40. The van der Waals surface area contributed by atoms with Gasteiger partial charge in [-0.05, 0) is 36.6 Å². The van der Waals surface area contributed by atoms with Crippen molar-refractivity contribution in [3.8, 4) is 5.75 Å². The number of fused-ring (bicyclic) bond motifs is 1. The predicted molar refractivity (Wildman–Crippen MR) is 83.6 cm³/mol. The van der Waals surface area contributed by atoms with Crippen molar-refractivity contribution in [3.63, 3.8) is 0 Å². The average molecular weight is 281 g/mol. The maximum atomic E-state index is 12.7. The van der Waals surface area contributed by atoms with Crippen LogP contribution in [0.3, 0.4) is 0 Å². The monoisotopic (exact) mass is 281 g/mol.